The number of aryl methyl sites for hydroxylation is 2. The molecule has 10 heteroatoms. The number of benzene rings is 2. The molecule has 4 aliphatic heterocycles. The Hall–Kier alpha value is -2.52. The summed E-state index contributed by atoms with van der Waals surface area (Å²) in [7, 11) is 0. The van der Waals surface area contributed by atoms with Gasteiger partial charge in [-0.15, -0.1) is 24.8 Å². The molecule has 2 N–H and O–H groups in total. The molecular weight excluding hydrogens is 575 g/mol. The second-order valence-corrected chi connectivity index (χ2v) is 11.6. The van der Waals surface area contributed by atoms with Crippen molar-refractivity contribution in [3.05, 3.63) is 57.6 Å². The minimum Gasteiger partial charge on any atom is -0.490 e. The highest BCUT2D eigenvalue weighted by Gasteiger charge is 2.41. The molecule has 2 atom stereocenters. The molecule has 8 nitrogen and oxygen atoms in total. The number of carbonyl (C=O) groups is 2. The minimum atomic E-state index is 0. The van der Waals surface area contributed by atoms with Crippen LogP contribution >= 0.6 is 24.8 Å². The quantitative estimate of drug-likeness (QED) is 0.467. The Kier molecular flexibility index (Phi) is 11.6. The fourth-order valence-corrected chi connectivity index (χ4v) is 6.22. The molecule has 6 rings (SSSR count). The van der Waals surface area contributed by atoms with Crippen LogP contribution in [-0.4, -0.2) is 73.1 Å². The average Bonchev–Trinajstić information content (AvgIpc) is 3.40. The Bertz CT molecular complexity index is 1190. The van der Waals surface area contributed by atoms with Crippen LogP contribution in [0, 0.1) is 0 Å². The van der Waals surface area contributed by atoms with Gasteiger partial charge in [0.1, 0.15) is 11.5 Å². The van der Waals surface area contributed by atoms with Crippen molar-refractivity contribution in [2.24, 2.45) is 0 Å². The van der Waals surface area contributed by atoms with E-state index in [-0.39, 0.29) is 60.9 Å². The van der Waals surface area contributed by atoms with Crippen molar-refractivity contribution in [1.82, 2.24) is 20.4 Å². The number of nitrogens with one attached hydrogen (secondary N) is 2. The van der Waals surface area contributed by atoms with E-state index in [1.165, 1.54) is 11.1 Å². The van der Waals surface area contributed by atoms with Crippen LogP contribution in [0.3, 0.4) is 0 Å². The highest BCUT2D eigenvalue weighted by atomic mass is 35.5. The van der Waals surface area contributed by atoms with Gasteiger partial charge >= 0.3 is 0 Å². The van der Waals surface area contributed by atoms with Gasteiger partial charge in [0.05, 0.1) is 35.4 Å². The number of hydrogen-bond donors (Lipinski definition) is 2. The van der Waals surface area contributed by atoms with E-state index >= 15 is 0 Å². The topological polar surface area (TPSA) is 83.1 Å². The number of nitrogens with zero attached hydrogens (tertiary/aromatic N) is 2. The first kappa shape index (κ1) is 34.0. The predicted molar refractivity (Wildman–Crippen MR) is 171 cm³/mol. The van der Waals surface area contributed by atoms with Crippen molar-refractivity contribution in [2.75, 3.05) is 39.3 Å². The van der Waals surface area contributed by atoms with E-state index in [0.717, 1.165) is 85.9 Å². The Morgan fingerprint density at radius 3 is 1.43 bits per heavy atom. The third kappa shape index (κ3) is 6.52. The molecular formula is C32H46Cl2N4O4. The Morgan fingerprint density at radius 2 is 1.10 bits per heavy atom. The summed E-state index contributed by atoms with van der Waals surface area (Å²) >= 11 is 0. The molecule has 2 aromatic carbocycles. The molecule has 232 valence electrons. The summed E-state index contributed by atoms with van der Waals surface area (Å²) in [5, 5.41) is 6.76. The van der Waals surface area contributed by atoms with Gasteiger partial charge in [0, 0.05) is 39.3 Å². The summed E-state index contributed by atoms with van der Waals surface area (Å²) < 4.78 is 11.8. The molecule has 0 aliphatic carbocycles. The highest BCUT2D eigenvalue weighted by Crippen LogP contribution is 2.42. The van der Waals surface area contributed by atoms with E-state index in [4.69, 9.17) is 9.47 Å². The van der Waals surface area contributed by atoms with Gasteiger partial charge in [0.25, 0.3) is 11.8 Å². The van der Waals surface area contributed by atoms with E-state index in [1.807, 2.05) is 49.6 Å². The SMILES string of the molecule is CCc1cc(OC(C)C)c2c(c1)[C@@H]1CNCCN1C2=O.CCc1cc(OC(C)C)c2c(c1)[C@H]1CNCCN1C2=O.Cl.Cl. The highest BCUT2D eigenvalue weighted by molar-refractivity contribution is 6.02. The lowest BCUT2D eigenvalue weighted by atomic mass is 9.98. The molecule has 2 saturated heterocycles. The number of halogens is 2. The summed E-state index contributed by atoms with van der Waals surface area (Å²) in [4.78, 5) is 29.3. The van der Waals surface area contributed by atoms with Crippen LogP contribution < -0.4 is 20.1 Å². The molecule has 2 amide bonds. The minimum absolute atomic E-state index is 0. The van der Waals surface area contributed by atoms with Crippen LogP contribution in [0.5, 0.6) is 11.5 Å². The van der Waals surface area contributed by atoms with E-state index < -0.39 is 0 Å². The number of amides is 2. The maximum atomic E-state index is 12.7. The number of hydrogen-bond acceptors (Lipinski definition) is 6. The molecule has 0 spiro atoms. The zero-order chi connectivity index (χ0) is 28.6. The van der Waals surface area contributed by atoms with E-state index in [2.05, 4.69) is 36.6 Å². The maximum Gasteiger partial charge on any atom is 0.258 e. The first-order valence-corrected chi connectivity index (χ1v) is 14.9. The van der Waals surface area contributed by atoms with Crippen LogP contribution in [0.1, 0.15) is 96.6 Å². The fourth-order valence-electron chi connectivity index (χ4n) is 6.22. The number of rotatable bonds is 6. The summed E-state index contributed by atoms with van der Waals surface area (Å²) in [5.41, 5.74) is 6.31. The molecule has 0 radical (unpaired) electrons. The molecule has 0 bridgehead atoms. The fraction of sp³-hybridized carbons (Fsp3) is 0.562. The Morgan fingerprint density at radius 1 is 0.714 bits per heavy atom. The standard InChI is InChI=1S/2C16H22N2O2.2ClH/c2*1-4-11-7-12-13-9-17-5-6-18(13)16(19)15(12)14(8-11)20-10(2)3;;/h2*7-8,10,13,17H,4-6,9H2,1-3H3;2*1H/t2*13-;;/m10../s1. The zero-order valence-electron chi connectivity index (χ0n) is 25.6. The summed E-state index contributed by atoms with van der Waals surface area (Å²) in [5.74, 6) is 1.78. The normalized spacial score (nSPS) is 20.1. The third-order valence-corrected chi connectivity index (χ3v) is 8.08. The molecule has 2 aromatic rings. The number of piperazine rings is 2. The van der Waals surface area contributed by atoms with E-state index in [0.29, 0.717) is 0 Å². The molecule has 0 aromatic heterocycles. The smallest absolute Gasteiger partial charge is 0.258 e. The molecule has 4 heterocycles. The van der Waals surface area contributed by atoms with Gasteiger partial charge in [-0.3, -0.25) is 9.59 Å². The Balaban J connectivity index is 0.000000220. The molecule has 2 fully saturated rings. The van der Waals surface area contributed by atoms with Crippen molar-refractivity contribution in [2.45, 2.75) is 78.7 Å². The van der Waals surface area contributed by atoms with E-state index in [9.17, 15) is 9.59 Å². The Labute approximate surface area is 262 Å². The van der Waals surface area contributed by atoms with Crippen LogP contribution in [0.25, 0.3) is 0 Å². The van der Waals surface area contributed by atoms with Crippen LogP contribution in [0.15, 0.2) is 24.3 Å². The van der Waals surface area contributed by atoms with Crippen LogP contribution in [-0.2, 0) is 12.8 Å². The van der Waals surface area contributed by atoms with Crippen LogP contribution in [0.4, 0.5) is 0 Å². The summed E-state index contributed by atoms with van der Waals surface area (Å²) in [6.07, 6.45) is 2.07. The predicted octanol–water partition coefficient (Wildman–Crippen LogP) is 5.12. The summed E-state index contributed by atoms with van der Waals surface area (Å²) in [6.45, 7) is 17.2. The van der Waals surface area contributed by atoms with Gasteiger partial charge in [0.2, 0.25) is 0 Å². The average molecular weight is 622 g/mol. The van der Waals surface area contributed by atoms with Gasteiger partial charge in [-0.2, -0.15) is 0 Å². The second-order valence-electron chi connectivity index (χ2n) is 11.6. The van der Waals surface area contributed by atoms with Gasteiger partial charge < -0.3 is 29.9 Å². The lowest BCUT2D eigenvalue weighted by molar-refractivity contribution is 0.0679. The van der Waals surface area contributed by atoms with E-state index in [1.54, 1.807) is 0 Å². The van der Waals surface area contributed by atoms with Gasteiger partial charge in [0.15, 0.2) is 0 Å². The third-order valence-electron chi connectivity index (χ3n) is 8.08. The van der Waals surface area contributed by atoms with Crippen molar-refractivity contribution < 1.29 is 19.1 Å². The molecule has 0 saturated carbocycles. The van der Waals surface area contributed by atoms with Crippen molar-refractivity contribution in [1.29, 1.82) is 0 Å². The number of ether oxygens (including phenoxy) is 2. The van der Waals surface area contributed by atoms with Crippen molar-refractivity contribution >= 4 is 36.6 Å². The van der Waals surface area contributed by atoms with Crippen LogP contribution in [0.2, 0.25) is 0 Å². The first-order valence-electron chi connectivity index (χ1n) is 14.9. The summed E-state index contributed by atoms with van der Waals surface area (Å²) in [6, 6.07) is 8.76. The molecule has 4 aliphatic rings. The molecule has 0 unspecified atom stereocenters. The number of carbonyl (C=O) groups excluding carboxylic acids is 2. The van der Waals surface area contributed by atoms with Gasteiger partial charge in [-0.05, 0) is 74.9 Å². The molecule has 42 heavy (non-hydrogen) atoms. The van der Waals surface area contributed by atoms with Gasteiger partial charge in [-0.1, -0.05) is 26.0 Å². The lowest BCUT2D eigenvalue weighted by Gasteiger charge is -2.30. The number of fused-ring (bicyclic) bond motifs is 6. The maximum absolute atomic E-state index is 12.7. The van der Waals surface area contributed by atoms with Crippen molar-refractivity contribution in [3.8, 4) is 11.5 Å². The first-order chi connectivity index (χ1) is 19.2. The second kappa shape index (κ2) is 14.3. The monoisotopic (exact) mass is 620 g/mol. The lowest BCUT2D eigenvalue weighted by Crippen LogP contribution is -2.44. The van der Waals surface area contributed by atoms with Crippen molar-refractivity contribution in [3.63, 3.8) is 0 Å². The zero-order valence-corrected chi connectivity index (χ0v) is 27.3. The largest absolute Gasteiger partial charge is 0.490 e. The van der Waals surface area contributed by atoms with Gasteiger partial charge in [-0.25, -0.2) is 0 Å².